The summed E-state index contributed by atoms with van der Waals surface area (Å²) >= 11 is 1.41. The van der Waals surface area contributed by atoms with Crippen molar-refractivity contribution in [3.63, 3.8) is 0 Å². The van der Waals surface area contributed by atoms with E-state index in [0.717, 1.165) is 11.3 Å². The molecule has 0 radical (unpaired) electrons. The van der Waals surface area contributed by atoms with Gasteiger partial charge in [0.15, 0.2) is 10.9 Å². The van der Waals surface area contributed by atoms with Gasteiger partial charge in [0, 0.05) is 5.69 Å². The number of para-hydroxylation sites is 1. The average Bonchev–Trinajstić information content (AvgIpc) is 3.39. The first kappa shape index (κ1) is 18.1. The van der Waals surface area contributed by atoms with Crippen molar-refractivity contribution in [2.24, 2.45) is 0 Å². The van der Waals surface area contributed by atoms with Crippen molar-refractivity contribution in [1.29, 1.82) is 5.26 Å². The number of furan rings is 1. The predicted octanol–water partition coefficient (Wildman–Crippen LogP) is 5.06. The van der Waals surface area contributed by atoms with Gasteiger partial charge in [0.25, 0.3) is 0 Å². The summed E-state index contributed by atoms with van der Waals surface area (Å²) in [5, 5.41) is 18.8. The Morgan fingerprint density at radius 2 is 1.82 bits per heavy atom. The summed E-state index contributed by atoms with van der Waals surface area (Å²) in [6, 6.07) is 24.2. The SMILES string of the molecule is Cc1ccc(CC(C#N)Sc2nnc(-c3ccco3)n2-c2ccccc2)cc1. The molecule has 4 rings (SSSR count). The molecule has 0 aliphatic carbocycles. The minimum absolute atomic E-state index is 0.279. The van der Waals surface area contributed by atoms with Crippen molar-refractivity contribution in [1.82, 2.24) is 14.8 Å². The zero-order valence-electron chi connectivity index (χ0n) is 15.3. The number of hydrogen-bond donors (Lipinski definition) is 0. The van der Waals surface area contributed by atoms with Gasteiger partial charge in [-0.15, -0.1) is 10.2 Å². The lowest BCUT2D eigenvalue weighted by molar-refractivity contribution is 0.575. The highest BCUT2D eigenvalue weighted by molar-refractivity contribution is 8.00. The van der Waals surface area contributed by atoms with Crippen LogP contribution in [0.4, 0.5) is 0 Å². The molecule has 4 aromatic rings. The normalized spacial score (nSPS) is 11.9. The van der Waals surface area contributed by atoms with Gasteiger partial charge in [-0.3, -0.25) is 4.57 Å². The van der Waals surface area contributed by atoms with Gasteiger partial charge in [-0.2, -0.15) is 5.26 Å². The number of aromatic nitrogens is 3. The van der Waals surface area contributed by atoms with Crippen LogP contribution in [0.15, 0.2) is 82.6 Å². The van der Waals surface area contributed by atoms with Crippen LogP contribution in [-0.2, 0) is 6.42 Å². The summed E-state index contributed by atoms with van der Waals surface area (Å²) in [5.74, 6) is 1.25. The molecule has 6 heteroatoms. The summed E-state index contributed by atoms with van der Waals surface area (Å²) in [4.78, 5) is 0. The molecule has 0 bridgehead atoms. The van der Waals surface area contributed by atoms with Gasteiger partial charge in [-0.1, -0.05) is 59.8 Å². The fourth-order valence-electron chi connectivity index (χ4n) is 2.90. The van der Waals surface area contributed by atoms with Gasteiger partial charge in [-0.25, -0.2) is 0 Å². The maximum Gasteiger partial charge on any atom is 0.205 e. The van der Waals surface area contributed by atoms with Gasteiger partial charge < -0.3 is 4.42 Å². The number of nitrogens with zero attached hydrogens (tertiary/aromatic N) is 4. The molecule has 138 valence electrons. The highest BCUT2D eigenvalue weighted by Gasteiger charge is 2.21. The molecule has 0 N–H and O–H groups in total. The molecular formula is C22H18N4OS. The molecule has 0 spiro atoms. The topological polar surface area (TPSA) is 67.6 Å². The third-order valence-electron chi connectivity index (χ3n) is 4.32. The van der Waals surface area contributed by atoms with Crippen molar-refractivity contribution in [2.45, 2.75) is 23.8 Å². The molecule has 0 aliphatic heterocycles. The van der Waals surface area contributed by atoms with Crippen LogP contribution in [0.2, 0.25) is 0 Å². The third kappa shape index (κ3) is 3.85. The monoisotopic (exact) mass is 386 g/mol. The third-order valence-corrected chi connectivity index (χ3v) is 5.35. The van der Waals surface area contributed by atoms with Crippen LogP contribution in [0.1, 0.15) is 11.1 Å². The zero-order chi connectivity index (χ0) is 19.3. The number of benzene rings is 2. The predicted molar refractivity (Wildman–Crippen MR) is 109 cm³/mol. The van der Waals surface area contributed by atoms with Crippen molar-refractivity contribution < 1.29 is 4.42 Å². The maximum absolute atomic E-state index is 9.71. The lowest BCUT2D eigenvalue weighted by Crippen LogP contribution is -2.07. The number of aryl methyl sites for hydroxylation is 1. The zero-order valence-corrected chi connectivity index (χ0v) is 16.1. The number of hydrogen-bond acceptors (Lipinski definition) is 5. The molecule has 0 saturated heterocycles. The van der Waals surface area contributed by atoms with Crippen LogP contribution in [0.5, 0.6) is 0 Å². The molecule has 0 fully saturated rings. The van der Waals surface area contributed by atoms with E-state index in [4.69, 9.17) is 4.42 Å². The summed E-state index contributed by atoms with van der Waals surface area (Å²) < 4.78 is 7.47. The first-order valence-corrected chi connectivity index (χ1v) is 9.79. The van der Waals surface area contributed by atoms with Crippen LogP contribution in [0.25, 0.3) is 17.3 Å². The fourth-order valence-corrected chi connectivity index (χ4v) is 3.87. The highest BCUT2D eigenvalue weighted by Crippen LogP contribution is 2.31. The van der Waals surface area contributed by atoms with E-state index in [2.05, 4.69) is 47.5 Å². The minimum Gasteiger partial charge on any atom is -0.461 e. The Labute approximate surface area is 167 Å². The molecule has 0 saturated carbocycles. The van der Waals surface area contributed by atoms with Crippen LogP contribution in [0, 0.1) is 18.3 Å². The van der Waals surface area contributed by atoms with E-state index in [1.807, 2.05) is 47.0 Å². The highest BCUT2D eigenvalue weighted by atomic mass is 32.2. The number of nitriles is 1. The van der Waals surface area contributed by atoms with Gasteiger partial charge >= 0.3 is 0 Å². The molecule has 1 unspecified atom stereocenters. The summed E-state index contributed by atoms with van der Waals surface area (Å²) in [7, 11) is 0. The van der Waals surface area contributed by atoms with E-state index in [0.29, 0.717) is 23.2 Å². The second kappa shape index (κ2) is 8.15. The minimum atomic E-state index is -0.279. The average molecular weight is 386 g/mol. The molecule has 0 amide bonds. The Hall–Kier alpha value is -3.30. The molecule has 1 atom stereocenters. The second-order valence-electron chi connectivity index (χ2n) is 6.38. The molecular weight excluding hydrogens is 368 g/mol. The Morgan fingerprint density at radius 3 is 2.50 bits per heavy atom. The largest absolute Gasteiger partial charge is 0.461 e. The molecule has 0 aliphatic rings. The Morgan fingerprint density at radius 1 is 1.04 bits per heavy atom. The molecule has 2 heterocycles. The van der Waals surface area contributed by atoms with Crippen molar-refractivity contribution in [2.75, 3.05) is 0 Å². The van der Waals surface area contributed by atoms with Crippen molar-refractivity contribution in [3.05, 3.63) is 84.1 Å². The van der Waals surface area contributed by atoms with Gasteiger partial charge in [0.2, 0.25) is 5.82 Å². The van der Waals surface area contributed by atoms with E-state index in [9.17, 15) is 5.26 Å². The first-order valence-electron chi connectivity index (χ1n) is 8.91. The van der Waals surface area contributed by atoms with E-state index >= 15 is 0 Å². The van der Waals surface area contributed by atoms with E-state index < -0.39 is 0 Å². The van der Waals surface area contributed by atoms with Crippen LogP contribution in [-0.4, -0.2) is 20.0 Å². The van der Waals surface area contributed by atoms with E-state index in [-0.39, 0.29) is 5.25 Å². The second-order valence-corrected chi connectivity index (χ2v) is 7.55. The Kier molecular flexibility index (Phi) is 5.27. The smallest absolute Gasteiger partial charge is 0.205 e. The Balaban J connectivity index is 1.67. The lowest BCUT2D eigenvalue weighted by atomic mass is 10.1. The fraction of sp³-hybridized carbons (Fsp3) is 0.136. The summed E-state index contributed by atoms with van der Waals surface area (Å²) in [6.45, 7) is 2.05. The molecule has 2 aromatic heterocycles. The van der Waals surface area contributed by atoms with Gasteiger partial charge in [0.05, 0.1) is 12.3 Å². The standard InChI is InChI=1S/C22H18N4OS/c1-16-9-11-17(12-10-16)14-19(15-23)28-22-25-24-21(20-8-5-13-27-20)26(22)18-6-3-2-4-7-18/h2-13,19H,14H2,1H3. The number of thioether (sulfide) groups is 1. The summed E-state index contributed by atoms with van der Waals surface area (Å²) in [5.41, 5.74) is 3.26. The van der Waals surface area contributed by atoms with Crippen molar-refractivity contribution >= 4 is 11.8 Å². The van der Waals surface area contributed by atoms with Crippen LogP contribution < -0.4 is 0 Å². The van der Waals surface area contributed by atoms with Crippen molar-refractivity contribution in [3.8, 4) is 23.3 Å². The van der Waals surface area contributed by atoms with Crippen LogP contribution >= 0.6 is 11.8 Å². The molecule has 5 nitrogen and oxygen atoms in total. The van der Waals surface area contributed by atoms with E-state index in [1.165, 1.54) is 17.3 Å². The summed E-state index contributed by atoms with van der Waals surface area (Å²) in [6.07, 6.45) is 2.25. The molecule has 2 aromatic carbocycles. The first-order chi connectivity index (χ1) is 13.7. The van der Waals surface area contributed by atoms with Crippen LogP contribution in [0.3, 0.4) is 0 Å². The quantitative estimate of drug-likeness (QED) is 0.433. The number of rotatable bonds is 6. The maximum atomic E-state index is 9.71. The van der Waals surface area contributed by atoms with E-state index in [1.54, 1.807) is 6.26 Å². The van der Waals surface area contributed by atoms with Gasteiger partial charge in [-0.05, 0) is 43.2 Å². The van der Waals surface area contributed by atoms with Gasteiger partial charge in [0.1, 0.15) is 5.25 Å². The Bertz CT molecular complexity index is 1080. The molecule has 28 heavy (non-hydrogen) atoms. The lowest BCUT2D eigenvalue weighted by Gasteiger charge is -2.12.